The smallest absolute Gasteiger partial charge is 0.418 e. The molecule has 3 aromatic rings. The highest BCUT2D eigenvalue weighted by atomic mass is 19.4. The third-order valence-electron chi connectivity index (χ3n) is 7.24. The Kier molecular flexibility index (Phi) is 10.0. The maximum Gasteiger partial charge on any atom is 0.418 e. The fraction of sp³-hybridized carbons (Fsp3) is 0.481. The van der Waals surface area contributed by atoms with Crippen molar-refractivity contribution in [1.29, 1.82) is 0 Å². The van der Waals surface area contributed by atoms with Gasteiger partial charge in [0.15, 0.2) is 12.3 Å². The first-order chi connectivity index (χ1) is 21.1. The van der Waals surface area contributed by atoms with E-state index >= 15 is 0 Å². The lowest BCUT2D eigenvalue weighted by Crippen LogP contribution is -2.40. The molecule has 1 aliphatic rings. The van der Waals surface area contributed by atoms with Crippen molar-refractivity contribution in [2.45, 2.75) is 57.0 Å². The lowest BCUT2D eigenvalue weighted by molar-refractivity contribution is -0.182. The molecule has 45 heavy (non-hydrogen) atoms. The van der Waals surface area contributed by atoms with Gasteiger partial charge in [0.1, 0.15) is 11.1 Å². The molecule has 0 atom stereocenters. The first-order valence-corrected chi connectivity index (χ1v) is 13.7. The number of hydrogen-bond acceptors (Lipinski definition) is 7. The number of amides is 2. The molecule has 1 aromatic carbocycles. The number of carbonyl (C=O) groups is 2. The molecule has 2 aromatic heterocycles. The van der Waals surface area contributed by atoms with Crippen LogP contribution in [0, 0.1) is 5.92 Å². The van der Waals surface area contributed by atoms with Crippen molar-refractivity contribution in [2.24, 2.45) is 18.7 Å². The first kappa shape index (κ1) is 33.7. The Labute approximate surface area is 250 Å². The molecule has 1 aliphatic carbocycles. The first-order valence-electron chi connectivity index (χ1n) is 13.7. The molecule has 4 rings (SSSR count). The van der Waals surface area contributed by atoms with Gasteiger partial charge in [0.2, 0.25) is 17.7 Å². The summed E-state index contributed by atoms with van der Waals surface area (Å²) in [7, 11) is 1.37. The number of benzene rings is 1. The van der Waals surface area contributed by atoms with Crippen molar-refractivity contribution in [3.05, 3.63) is 41.0 Å². The van der Waals surface area contributed by atoms with Crippen LogP contribution in [0.2, 0.25) is 0 Å². The SMILES string of the molecule is Cn1c(Nc2cc(CNC(=O)CN)ccc2C(F)(F)F)nc2cc(C(=O)N[C@H]3CC[C@H](C(F)(F)F)CC3)c(OCC(F)F)nc21. The number of aromatic nitrogens is 3. The van der Waals surface area contributed by atoms with Crippen LogP contribution in [-0.4, -0.2) is 58.1 Å². The minimum atomic E-state index is -4.79. The van der Waals surface area contributed by atoms with E-state index in [1.54, 1.807) is 0 Å². The van der Waals surface area contributed by atoms with E-state index in [1.165, 1.54) is 17.7 Å². The lowest BCUT2D eigenvalue weighted by atomic mass is 9.85. The standard InChI is InChI=1S/C27H29F8N7O3/c1-42-22-19(40-25(42)39-18-8-13(11-37-21(43)10-36)2-7-17(18)27(33,34)35)9-16(24(41-22)45-12-20(28)29)23(44)38-15-5-3-14(4-6-15)26(30,31)32/h2,7-9,14-15,20H,3-6,10-12,36H2,1H3,(H,37,43)(H,38,44)(H,39,40)/t14-,15-. The summed E-state index contributed by atoms with van der Waals surface area (Å²) in [5.74, 6) is -3.56. The number of fused-ring (bicyclic) bond motifs is 1. The second kappa shape index (κ2) is 13.4. The Balaban J connectivity index is 1.65. The van der Waals surface area contributed by atoms with Gasteiger partial charge >= 0.3 is 12.4 Å². The minimum Gasteiger partial charge on any atom is -0.471 e. The Morgan fingerprint density at radius 3 is 2.36 bits per heavy atom. The van der Waals surface area contributed by atoms with Gasteiger partial charge in [-0.25, -0.2) is 13.8 Å². The highest BCUT2D eigenvalue weighted by Gasteiger charge is 2.41. The number of pyridine rings is 1. The van der Waals surface area contributed by atoms with E-state index in [0.717, 1.165) is 18.2 Å². The fourth-order valence-electron chi connectivity index (χ4n) is 4.90. The Bertz CT molecular complexity index is 1530. The monoisotopic (exact) mass is 651 g/mol. The molecule has 2 heterocycles. The van der Waals surface area contributed by atoms with Crippen LogP contribution in [0.15, 0.2) is 24.3 Å². The minimum absolute atomic E-state index is 0.0183. The number of aryl methyl sites for hydroxylation is 1. The number of rotatable bonds is 10. The molecule has 10 nitrogen and oxygen atoms in total. The van der Waals surface area contributed by atoms with Crippen molar-refractivity contribution in [2.75, 3.05) is 18.5 Å². The Hall–Kier alpha value is -4.22. The molecular weight excluding hydrogens is 622 g/mol. The lowest BCUT2D eigenvalue weighted by Gasteiger charge is -2.30. The van der Waals surface area contributed by atoms with Gasteiger partial charge < -0.3 is 26.4 Å². The van der Waals surface area contributed by atoms with Gasteiger partial charge in [-0.05, 0) is 49.4 Å². The molecule has 0 aliphatic heterocycles. The van der Waals surface area contributed by atoms with Crippen LogP contribution < -0.4 is 26.4 Å². The van der Waals surface area contributed by atoms with Crippen LogP contribution in [-0.2, 0) is 24.6 Å². The number of imidazole rings is 1. The number of nitrogens with zero attached hydrogens (tertiary/aromatic N) is 3. The number of hydrogen-bond donors (Lipinski definition) is 4. The molecule has 0 radical (unpaired) electrons. The summed E-state index contributed by atoms with van der Waals surface area (Å²) in [6, 6.07) is 3.66. The van der Waals surface area contributed by atoms with Gasteiger partial charge in [-0.3, -0.25) is 14.2 Å². The maximum atomic E-state index is 13.8. The predicted octanol–water partition coefficient (Wildman–Crippen LogP) is 4.80. The van der Waals surface area contributed by atoms with Gasteiger partial charge in [0.25, 0.3) is 12.3 Å². The molecule has 0 unspecified atom stereocenters. The molecule has 2 amide bonds. The molecule has 18 heteroatoms. The number of alkyl halides is 8. The van der Waals surface area contributed by atoms with Gasteiger partial charge in [-0.2, -0.15) is 31.3 Å². The predicted molar refractivity (Wildman–Crippen MR) is 145 cm³/mol. The van der Waals surface area contributed by atoms with Gasteiger partial charge in [-0.1, -0.05) is 6.07 Å². The summed E-state index contributed by atoms with van der Waals surface area (Å²) in [6.45, 7) is -1.57. The Morgan fingerprint density at radius 2 is 1.76 bits per heavy atom. The number of nitrogens with one attached hydrogen (secondary N) is 3. The number of halogens is 8. The summed E-state index contributed by atoms with van der Waals surface area (Å²) in [6.07, 6.45) is -12.4. The van der Waals surface area contributed by atoms with Crippen molar-refractivity contribution in [3.8, 4) is 5.88 Å². The molecule has 246 valence electrons. The van der Waals surface area contributed by atoms with E-state index in [1.807, 2.05) is 0 Å². The normalized spacial score (nSPS) is 17.4. The van der Waals surface area contributed by atoms with Crippen LogP contribution >= 0.6 is 0 Å². The highest BCUT2D eigenvalue weighted by molar-refractivity contribution is 5.99. The van der Waals surface area contributed by atoms with E-state index in [2.05, 4.69) is 25.9 Å². The third kappa shape index (κ3) is 8.29. The quantitative estimate of drug-likeness (QED) is 0.231. The molecular formula is C27H29F8N7O3. The molecule has 0 bridgehead atoms. The summed E-state index contributed by atoms with van der Waals surface area (Å²) >= 11 is 0. The van der Waals surface area contributed by atoms with Gasteiger partial charge in [0, 0.05) is 19.6 Å². The third-order valence-corrected chi connectivity index (χ3v) is 7.24. The zero-order chi connectivity index (χ0) is 33.1. The number of ether oxygens (including phenoxy) is 1. The van der Waals surface area contributed by atoms with Crippen LogP contribution in [0.25, 0.3) is 11.2 Å². The number of nitrogens with two attached hydrogens (primary N) is 1. The average molecular weight is 652 g/mol. The van der Waals surface area contributed by atoms with Crippen molar-refractivity contribution >= 4 is 34.6 Å². The second-order valence-corrected chi connectivity index (χ2v) is 10.4. The molecule has 0 spiro atoms. The van der Waals surface area contributed by atoms with Crippen LogP contribution in [0.3, 0.4) is 0 Å². The fourth-order valence-corrected chi connectivity index (χ4v) is 4.90. The van der Waals surface area contributed by atoms with Gasteiger partial charge in [-0.15, -0.1) is 0 Å². The van der Waals surface area contributed by atoms with Crippen molar-refractivity contribution < 1.29 is 49.4 Å². The summed E-state index contributed by atoms with van der Waals surface area (Å²) in [5.41, 5.74) is 3.67. The maximum absolute atomic E-state index is 13.8. The van der Waals surface area contributed by atoms with Crippen molar-refractivity contribution in [1.82, 2.24) is 25.2 Å². The van der Waals surface area contributed by atoms with E-state index in [-0.39, 0.29) is 61.4 Å². The molecule has 1 fully saturated rings. The molecule has 1 saturated carbocycles. The average Bonchev–Trinajstić information content (AvgIpc) is 3.27. The van der Waals surface area contributed by atoms with Crippen LogP contribution in [0.4, 0.5) is 46.8 Å². The van der Waals surface area contributed by atoms with E-state index in [4.69, 9.17) is 10.5 Å². The van der Waals surface area contributed by atoms with Gasteiger partial charge in [0.05, 0.1) is 23.7 Å². The highest BCUT2D eigenvalue weighted by Crippen LogP contribution is 2.39. The van der Waals surface area contributed by atoms with E-state index in [0.29, 0.717) is 5.56 Å². The summed E-state index contributed by atoms with van der Waals surface area (Å²) in [4.78, 5) is 33.0. The zero-order valence-electron chi connectivity index (χ0n) is 23.7. The van der Waals surface area contributed by atoms with Crippen LogP contribution in [0.5, 0.6) is 5.88 Å². The van der Waals surface area contributed by atoms with Crippen molar-refractivity contribution in [3.63, 3.8) is 0 Å². The summed E-state index contributed by atoms with van der Waals surface area (Å²) in [5, 5.41) is 7.62. The molecule has 0 saturated heterocycles. The Morgan fingerprint density at radius 1 is 1.07 bits per heavy atom. The topological polar surface area (TPSA) is 136 Å². The zero-order valence-corrected chi connectivity index (χ0v) is 23.7. The number of carbonyl (C=O) groups excluding carboxylic acids is 2. The molecule has 5 N–H and O–H groups in total. The largest absolute Gasteiger partial charge is 0.471 e. The van der Waals surface area contributed by atoms with E-state index in [9.17, 15) is 44.7 Å². The van der Waals surface area contributed by atoms with Crippen LogP contribution in [0.1, 0.15) is 47.2 Å². The van der Waals surface area contributed by atoms with E-state index < -0.39 is 66.3 Å². The summed E-state index contributed by atoms with van der Waals surface area (Å²) < 4.78 is 113. The second-order valence-electron chi connectivity index (χ2n) is 10.4. The number of anilines is 2.